The fourth-order valence-electron chi connectivity index (χ4n) is 2.85. The molecule has 0 bridgehead atoms. The summed E-state index contributed by atoms with van der Waals surface area (Å²) in [5, 5.41) is 5.85. The van der Waals surface area contributed by atoms with Crippen LogP contribution in [0.15, 0.2) is 72.9 Å². The molecule has 144 valence electrons. The molecule has 2 N–H and O–H groups in total. The second-order valence-electron chi connectivity index (χ2n) is 6.66. The molecule has 0 radical (unpaired) electrons. The summed E-state index contributed by atoms with van der Waals surface area (Å²) in [6.45, 7) is 4.85. The number of hydrogen-bond donors (Lipinski definition) is 2. The zero-order valence-corrected chi connectivity index (χ0v) is 16.2. The molecule has 0 fully saturated rings. The Morgan fingerprint density at radius 1 is 1.00 bits per heavy atom. The van der Waals surface area contributed by atoms with Crippen LogP contribution in [0.2, 0.25) is 0 Å². The number of pyridine rings is 1. The molecule has 0 aliphatic heterocycles. The summed E-state index contributed by atoms with van der Waals surface area (Å²) < 4.78 is 5.67. The average Bonchev–Trinajstić information content (AvgIpc) is 2.71. The topological polar surface area (TPSA) is 63.2 Å². The number of ether oxygens (including phenoxy) is 1. The van der Waals surface area contributed by atoms with Crippen LogP contribution >= 0.6 is 0 Å². The fraction of sp³-hybridized carbons (Fsp3) is 0.217. The number of carbonyl (C=O) groups excluding carboxylic acids is 1. The Hall–Kier alpha value is -3.34. The lowest BCUT2D eigenvalue weighted by Gasteiger charge is -2.19. The van der Waals surface area contributed by atoms with Crippen molar-refractivity contribution in [3.8, 4) is 5.75 Å². The van der Waals surface area contributed by atoms with Crippen LogP contribution in [0.1, 0.15) is 28.4 Å². The molecule has 1 heterocycles. The van der Waals surface area contributed by atoms with E-state index in [9.17, 15) is 4.79 Å². The quantitative estimate of drug-likeness (QED) is 0.609. The highest BCUT2D eigenvalue weighted by Gasteiger charge is 2.17. The van der Waals surface area contributed by atoms with Crippen molar-refractivity contribution in [3.05, 3.63) is 95.3 Å². The molecular weight excluding hydrogens is 350 g/mol. The maximum atomic E-state index is 12.4. The molecule has 3 aromatic rings. The van der Waals surface area contributed by atoms with Gasteiger partial charge in [0, 0.05) is 6.20 Å². The second-order valence-corrected chi connectivity index (χ2v) is 6.66. The van der Waals surface area contributed by atoms with E-state index >= 15 is 0 Å². The first kappa shape index (κ1) is 19.4. The summed E-state index contributed by atoms with van der Waals surface area (Å²) in [6.07, 6.45) is 1.73. The first-order chi connectivity index (χ1) is 13.6. The highest BCUT2D eigenvalue weighted by molar-refractivity contribution is 5.74. The summed E-state index contributed by atoms with van der Waals surface area (Å²) in [5.74, 6) is 0.799. The van der Waals surface area contributed by atoms with E-state index in [1.807, 2.05) is 80.6 Å². The zero-order chi connectivity index (χ0) is 19.8. The number of hydrogen-bond acceptors (Lipinski definition) is 3. The van der Waals surface area contributed by atoms with Crippen molar-refractivity contribution < 1.29 is 9.53 Å². The zero-order valence-electron chi connectivity index (χ0n) is 16.2. The van der Waals surface area contributed by atoms with Crippen LogP contribution in [0, 0.1) is 13.8 Å². The summed E-state index contributed by atoms with van der Waals surface area (Å²) in [7, 11) is 0. The van der Waals surface area contributed by atoms with E-state index in [0.29, 0.717) is 13.2 Å². The third kappa shape index (κ3) is 5.58. The van der Waals surface area contributed by atoms with Crippen LogP contribution in [-0.4, -0.2) is 24.2 Å². The van der Waals surface area contributed by atoms with Crippen LogP contribution in [0.5, 0.6) is 5.75 Å². The van der Waals surface area contributed by atoms with Gasteiger partial charge in [0.05, 0.1) is 18.3 Å². The minimum atomic E-state index is -0.320. The third-order valence-electron chi connectivity index (χ3n) is 4.32. The molecule has 0 saturated heterocycles. The SMILES string of the molecule is Cc1ccc(C(NC(=O)NCCOc2cccc(C)c2)c2ccccn2)cc1. The monoisotopic (exact) mass is 375 g/mol. The smallest absolute Gasteiger partial charge is 0.315 e. The van der Waals surface area contributed by atoms with Crippen molar-refractivity contribution in [2.24, 2.45) is 0 Å². The van der Waals surface area contributed by atoms with Crippen molar-refractivity contribution >= 4 is 6.03 Å². The molecule has 28 heavy (non-hydrogen) atoms. The van der Waals surface area contributed by atoms with Gasteiger partial charge in [-0.3, -0.25) is 4.98 Å². The molecular formula is C23H25N3O2. The molecule has 1 unspecified atom stereocenters. The van der Waals surface area contributed by atoms with Crippen LogP contribution in [0.3, 0.4) is 0 Å². The number of carbonyl (C=O) groups is 1. The number of urea groups is 1. The molecule has 0 aliphatic carbocycles. The molecule has 2 aromatic carbocycles. The summed E-state index contributed by atoms with van der Waals surface area (Å²) in [4.78, 5) is 16.8. The molecule has 2 amide bonds. The molecule has 0 aliphatic rings. The van der Waals surface area contributed by atoms with Gasteiger partial charge >= 0.3 is 6.03 Å². The van der Waals surface area contributed by atoms with Crippen molar-refractivity contribution in [3.63, 3.8) is 0 Å². The van der Waals surface area contributed by atoms with Gasteiger partial charge in [0.25, 0.3) is 0 Å². The Labute approximate surface area is 165 Å². The summed E-state index contributed by atoms with van der Waals surface area (Å²) in [5.41, 5.74) is 4.08. The minimum absolute atomic E-state index is 0.260. The lowest BCUT2D eigenvalue weighted by atomic mass is 10.0. The number of benzene rings is 2. The molecule has 0 saturated carbocycles. The third-order valence-corrected chi connectivity index (χ3v) is 4.32. The highest BCUT2D eigenvalue weighted by Crippen LogP contribution is 2.20. The molecule has 1 atom stereocenters. The van der Waals surface area contributed by atoms with E-state index in [1.54, 1.807) is 6.20 Å². The normalized spacial score (nSPS) is 11.5. The second kappa shape index (κ2) is 9.55. The van der Waals surface area contributed by atoms with Crippen LogP contribution in [0.25, 0.3) is 0 Å². The van der Waals surface area contributed by atoms with Gasteiger partial charge in [-0.15, -0.1) is 0 Å². The van der Waals surface area contributed by atoms with Crippen molar-refractivity contribution in [1.29, 1.82) is 0 Å². The summed E-state index contributed by atoms with van der Waals surface area (Å²) in [6, 6.07) is 21.0. The number of aryl methyl sites for hydroxylation is 2. The van der Waals surface area contributed by atoms with E-state index in [2.05, 4.69) is 15.6 Å². The van der Waals surface area contributed by atoms with Gasteiger partial charge in [0.2, 0.25) is 0 Å². The minimum Gasteiger partial charge on any atom is -0.492 e. The van der Waals surface area contributed by atoms with Gasteiger partial charge in [-0.25, -0.2) is 4.79 Å². The van der Waals surface area contributed by atoms with Gasteiger partial charge in [-0.2, -0.15) is 0 Å². The number of amides is 2. The molecule has 5 nitrogen and oxygen atoms in total. The van der Waals surface area contributed by atoms with Gasteiger partial charge in [-0.1, -0.05) is 48.0 Å². The van der Waals surface area contributed by atoms with Gasteiger partial charge < -0.3 is 15.4 Å². The predicted molar refractivity (Wildman–Crippen MR) is 110 cm³/mol. The average molecular weight is 375 g/mol. The van der Waals surface area contributed by atoms with E-state index in [-0.39, 0.29) is 12.1 Å². The van der Waals surface area contributed by atoms with E-state index in [4.69, 9.17) is 4.74 Å². The number of aromatic nitrogens is 1. The van der Waals surface area contributed by atoms with Gasteiger partial charge in [-0.05, 0) is 49.2 Å². The molecule has 5 heteroatoms. The lowest BCUT2D eigenvalue weighted by Crippen LogP contribution is -2.40. The Morgan fingerprint density at radius 3 is 2.54 bits per heavy atom. The number of nitrogens with one attached hydrogen (secondary N) is 2. The maximum absolute atomic E-state index is 12.4. The molecule has 3 rings (SSSR count). The van der Waals surface area contributed by atoms with Crippen molar-refractivity contribution in [2.45, 2.75) is 19.9 Å². The maximum Gasteiger partial charge on any atom is 0.315 e. The lowest BCUT2D eigenvalue weighted by molar-refractivity contribution is 0.234. The first-order valence-corrected chi connectivity index (χ1v) is 9.33. The van der Waals surface area contributed by atoms with Crippen LogP contribution < -0.4 is 15.4 Å². The van der Waals surface area contributed by atoms with E-state index in [0.717, 1.165) is 22.6 Å². The highest BCUT2D eigenvalue weighted by atomic mass is 16.5. The predicted octanol–water partition coefficient (Wildman–Crippen LogP) is 4.17. The van der Waals surface area contributed by atoms with E-state index in [1.165, 1.54) is 5.56 Å². The van der Waals surface area contributed by atoms with E-state index < -0.39 is 0 Å². The Bertz CT molecular complexity index is 895. The Balaban J connectivity index is 1.57. The van der Waals surface area contributed by atoms with Gasteiger partial charge in [0.1, 0.15) is 12.4 Å². The number of rotatable bonds is 7. The largest absolute Gasteiger partial charge is 0.492 e. The fourth-order valence-corrected chi connectivity index (χ4v) is 2.85. The van der Waals surface area contributed by atoms with Crippen molar-refractivity contribution in [1.82, 2.24) is 15.6 Å². The molecule has 0 spiro atoms. The Morgan fingerprint density at radius 2 is 1.82 bits per heavy atom. The van der Waals surface area contributed by atoms with Crippen LogP contribution in [-0.2, 0) is 0 Å². The molecule has 1 aromatic heterocycles. The summed E-state index contributed by atoms with van der Waals surface area (Å²) >= 11 is 0. The van der Waals surface area contributed by atoms with Crippen molar-refractivity contribution in [2.75, 3.05) is 13.2 Å². The Kier molecular flexibility index (Phi) is 6.63. The number of nitrogens with zero attached hydrogens (tertiary/aromatic N) is 1. The van der Waals surface area contributed by atoms with Gasteiger partial charge in [0.15, 0.2) is 0 Å². The van der Waals surface area contributed by atoms with Crippen LogP contribution in [0.4, 0.5) is 4.79 Å². The standard InChI is InChI=1S/C23H25N3O2/c1-17-9-11-19(12-10-17)22(21-8-3-4-13-24-21)26-23(27)25-14-15-28-20-7-5-6-18(2)16-20/h3-13,16,22H,14-15H2,1-2H3,(H2,25,26,27). The first-order valence-electron chi connectivity index (χ1n) is 9.33.